The van der Waals surface area contributed by atoms with Crippen molar-refractivity contribution in [2.45, 2.75) is 50.0 Å². The van der Waals surface area contributed by atoms with Gasteiger partial charge in [0.2, 0.25) is 5.91 Å². The second kappa shape index (κ2) is 9.07. The van der Waals surface area contributed by atoms with Gasteiger partial charge in [-0.25, -0.2) is 4.79 Å². The van der Waals surface area contributed by atoms with Gasteiger partial charge in [0.05, 0.1) is 10.8 Å². The number of hydrogen-bond acceptors (Lipinski definition) is 3. The van der Waals surface area contributed by atoms with Crippen molar-refractivity contribution in [3.63, 3.8) is 0 Å². The Labute approximate surface area is 167 Å². The molecule has 3 amide bonds. The second-order valence-corrected chi connectivity index (χ2v) is 8.59. The minimum atomic E-state index is -4.38. The van der Waals surface area contributed by atoms with Gasteiger partial charge in [0.1, 0.15) is 5.37 Å². The topological polar surface area (TPSA) is 52.7 Å². The highest BCUT2D eigenvalue weighted by molar-refractivity contribution is 8.01. The minimum absolute atomic E-state index is 0.0378. The van der Waals surface area contributed by atoms with Crippen LogP contribution in [0.15, 0.2) is 24.3 Å². The van der Waals surface area contributed by atoms with Crippen LogP contribution in [0.2, 0.25) is 0 Å². The van der Waals surface area contributed by atoms with Gasteiger partial charge in [0.15, 0.2) is 0 Å². The molecule has 0 radical (unpaired) electrons. The molecule has 1 aliphatic rings. The molecule has 1 N–H and O–H groups in total. The van der Waals surface area contributed by atoms with Gasteiger partial charge in [-0.05, 0) is 44.9 Å². The number of nitrogens with one attached hydrogen (secondary N) is 1. The molecule has 1 heterocycles. The van der Waals surface area contributed by atoms with Gasteiger partial charge in [-0.15, -0.1) is 11.8 Å². The van der Waals surface area contributed by atoms with Gasteiger partial charge in [-0.3, -0.25) is 4.79 Å². The van der Waals surface area contributed by atoms with Crippen LogP contribution in [0, 0.1) is 0 Å². The van der Waals surface area contributed by atoms with E-state index in [0.29, 0.717) is 25.1 Å². The number of nitrogens with zero attached hydrogens (tertiary/aromatic N) is 2. The van der Waals surface area contributed by atoms with Crippen LogP contribution in [-0.2, 0) is 11.0 Å². The molecule has 156 valence electrons. The highest BCUT2D eigenvalue weighted by atomic mass is 32.2. The first kappa shape index (κ1) is 22.4. The van der Waals surface area contributed by atoms with Crippen LogP contribution in [0.1, 0.15) is 43.7 Å². The summed E-state index contributed by atoms with van der Waals surface area (Å²) < 4.78 is 38.3. The van der Waals surface area contributed by atoms with E-state index in [4.69, 9.17) is 0 Å². The van der Waals surface area contributed by atoms with E-state index in [2.05, 4.69) is 5.32 Å². The summed E-state index contributed by atoms with van der Waals surface area (Å²) in [5, 5.41) is 2.22. The van der Waals surface area contributed by atoms with Crippen LogP contribution < -0.4 is 5.32 Å². The Bertz CT molecular complexity index is 695. The maximum atomic E-state index is 12.8. The Hall–Kier alpha value is -1.90. The number of halogens is 3. The third-order valence-corrected chi connectivity index (χ3v) is 5.82. The van der Waals surface area contributed by atoms with E-state index in [1.807, 2.05) is 13.8 Å². The average Bonchev–Trinajstić information content (AvgIpc) is 2.88. The summed E-state index contributed by atoms with van der Waals surface area (Å²) >= 11 is 1.42. The van der Waals surface area contributed by atoms with E-state index < -0.39 is 11.7 Å². The van der Waals surface area contributed by atoms with Crippen molar-refractivity contribution in [1.29, 1.82) is 0 Å². The quantitative estimate of drug-likeness (QED) is 0.758. The Kier molecular flexibility index (Phi) is 7.25. The first-order chi connectivity index (χ1) is 13.0. The van der Waals surface area contributed by atoms with Gasteiger partial charge in [-0.2, -0.15) is 13.2 Å². The molecule has 2 atom stereocenters. The summed E-state index contributed by atoms with van der Waals surface area (Å²) in [6.45, 7) is 6.46. The summed E-state index contributed by atoms with van der Waals surface area (Å²) in [5.41, 5.74) is -0.0374. The normalized spacial score (nSPS) is 20.0. The number of carbonyl (C=O) groups is 2. The molecular formula is C19H26F3N3O2S. The molecule has 0 unspecified atom stereocenters. The number of urea groups is 1. The van der Waals surface area contributed by atoms with Crippen molar-refractivity contribution in [3.8, 4) is 0 Å². The van der Waals surface area contributed by atoms with E-state index in [9.17, 15) is 22.8 Å². The Balaban J connectivity index is 2.01. The van der Waals surface area contributed by atoms with Crippen LogP contribution in [-0.4, -0.2) is 53.2 Å². The van der Waals surface area contributed by atoms with Crippen molar-refractivity contribution in [3.05, 3.63) is 35.4 Å². The van der Waals surface area contributed by atoms with Crippen LogP contribution in [0.3, 0.4) is 0 Å². The fourth-order valence-electron chi connectivity index (χ4n) is 2.93. The Morgan fingerprint density at radius 1 is 1.29 bits per heavy atom. The van der Waals surface area contributed by atoms with Crippen LogP contribution in [0.5, 0.6) is 0 Å². The zero-order valence-corrected chi connectivity index (χ0v) is 17.2. The fraction of sp³-hybridized carbons (Fsp3) is 0.579. The van der Waals surface area contributed by atoms with E-state index in [-0.39, 0.29) is 28.6 Å². The first-order valence-electron chi connectivity index (χ1n) is 9.15. The maximum Gasteiger partial charge on any atom is 0.416 e. The van der Waals surface area contributed by atoms with E-state index >= 15 is 0 Å². The van der Waals surface area contributed by atoms with Gasteiger partial charge in [-0.1, -0.05) is 12.1 Å². The Morgan fingerprint density at radius 3 is 2.43 bits per heavy atom. The minimum Gasteiger partial charge on any atom is -0.336 e. The fourth-order valence-corrected chi connectivity index (χ4v) is 4.24. The van der Waals surface area contributed by atoms with Crippen LogP contribution in [0.4, 0.5) is 18.0 Å². The predicted molar refractivity (Wildman–Crippen MR) is 104 cm³/mol. The molecular weight excluding hydrogens is 391 g/mol. The number of alkyl halides is 3. The molecule has 9 heteroatoms. The van der Waals surface area contributed by atoms with E-state index in [1.54, 1.807) is 23.8 Å². The molecule has 0 aliphatic carbocycles. The largest absolute Gasteiger partial charge is 0.416 e. The lowest BCUT2D eigenvalue weighted by atomic mass is 10.1. The third kappa shape index (κ3) is 5.56. The molecule has 1 aromatic rings. The van der Waals surface area contributed by atoms with E-state index in [0.717, 1.165) is 12.1 Å². The van der Waals surface area contributed by atoms with Crippen molar-refractivity contribution in [1.82, 2.24) is 15.1 Å². The first-order valence-corrected chi connectivity index (χ1v) is 10.1. The molecule has 0 aromatic heterocycles. The number of rotatable bonds is 6. The molecule has 1 saturated heterocycles. The lowest BCUT2D eigenvalue weighted by molar-refractivity contribution is -0.137. The highest BCUT2D eigenvalue weighted by Crippen LogP contribution is 2.43. The summed E-state index contributed by atoms with van der Waals surface area (Å²) in [4.78, 5) is 27.7. The number of carbonyl (C=O) groups excluding carboxylic acids is 2. The van der Waals surface area contributed by atoms with Gasteiger partial charge in [0.25, 0.3) is 0 Å². The van der Waals surface area contributed by atoms with Gasteiger partial charge in [0, 0.05) is 26.2 Å². The van der Waals surface area contributed by atoms with Crippen molar-refractivity contribution in [2.75, 3.05) is 20.1 Å². The standard InChI is InChI=1S/C19H26F3N3O2S/c1-12(2)23-18(27)24(4)10-5-11-25-16(26)13(3)28-17(25)14-6-8-15(9-7-14)19(20,21)22/h6-9,12-13,17H,5,10-11H2,1-4H3,(H,23,27)/t13-,17-/m0/s1. The summed E-state index contributed by atoms with van der Waals surface area (Å²) in [7, 11) is 1.69. The molecule has 0 bridgehead atoms. The molecule has 1 aliphatic heterocycles. The zero-order valence-electron chi connectivity index (χ0n) is 16.4. The summed E-state index contributed by atoms with van der Waals surface area (Å²) in [6, 6.07) is 4.82. The lowest BCUT2D eigenvalue weighted by Gasteiger charge is -2.26. The van der Waals surface area contributed by atoms with Crippen molar-refractivity contribution >= 4 is 23.7 Å². The highest BCUT2D eigenvalue weighted by Gasteiger charge is 2.38. The predicted octanol–water partition coefficient (Wildman–Crippen LogP) is 4.11. The third-order valence-electron chi connectivity index (χ3n) is 4.42. The second-order valence-electron chi connectivity index (χ2n) is 7.16. The molecule has 28 heavy (non-hydrogen) atoms. The molecule has 0 spiro atoms. The molecule has 5 nitrogen and oxygen atoms in total. The maximum absolute atomic E-state index is 12.8. The molecule has 1 aromatic carbocycles. The zero-order chi connectivity index (χ0) is 21.1. The van der Waals surface area contributed by atoms with Crippen LogP contribution in [0.25, 0.3) is 0 Å². The smallest absolute Gasteiger partial charge is 0.336 e. The molecule has 2 rings (SSSR count). The SMILES string of the molecule is CC(C)NC(=O)N(C)CCCN1C(=O)[C@H](C)S[C@H]1c1ccc(C(F)(F)F)cc1. The van der Waals surface area contributed by atoms with Gasteiger partial charge < -0.3 is 15.1 Å². The molecule has 1 fully saturated rings. The number of thioether (sulfide) groups is 1. The van der Waals surface area contributed by atoms with E-state index in [1.165, 1.54) is 23.9 Å². The average molecular weight is 417 g/mol. The van der Waals surface area contributed by atoms with Gasteiger partial charge >= 0.3 is 12.2 Å². The number of amides is 3. The van der Waals surface area contributed by atoms with Crippen LogP contribution >= 0.6 is 11.8 Å². The summed E-state index contributed by atoms with van der Waals surface area (Å²) in [6.07, 6.45) is -3.80. The van der Waals surface area contributed by atoms with Crippen molar-refractivity contribution < 1.29 is 22.8 Å². The lowest BCUT2D eigenvalue weighted by Crippen LogP contribution is -2.42. The Morgan fingerprint density at radius 2 is 1.89 bits per heavy atom. The number of benzene rings is 1. The number of hydrogen-bond donors (Lipinski definition) is 1. The summed E-state index contributed by atoms with van der Waals surface area (Å²) in [5.74, 6) is -0.0378. The monoisotopic (exact) mass is 417 g/mol. The van der Waals surface area contributed by atoms with Crippen molar-refractivity contribution in [2.24, 2.45) is 0 Å². The molecule has 0 saturated carbocycles.